The molecule has 0 radical (unpaired) electrons. The van der Waals surface area contributed by atoms with Crippen molar-refractivity contribution in [3.8, 4) is 39.3 Å². The summed E-state index contributed by atoms with van der Waals surface area (Å²) in [4.78, 5) is 5.17. The molecule has 1 heterocycles. The summed E-state index contributed by atoms with van der Waals surface area (Å²) in [5.41, 5.74) is 9.11. The van der Waals surface area contributed by atoms with Crippen molar-refractivity contribution in [2.45, 2.75) is 0 Å². The van der Waals surface area contributed by atoms with E-state index in [-0.39, 0.29) is 0 Å². The summed E-state index contributed by atoms with van der Waals surface area (Å²) >= 11 is 0. The zero-order valence-corrected chi connectivity index (χ0v) is 26.7. The Labute approximate surface area is 284 Å². The normalized spacial score (nSPS) is 11.7. The molecule has 0 saturated heterocycles. The molecular weight excluding hydrogens is 593 g/mol. The summed E-state index contributed by atoms with van der Waals surface area (Å²) in [5, 5.41) is 10.2. The predicted octanol–water partition coefficient (Wildman–Crippen LogP) is 12.6. The molecule has 0 unspecified atom stereocenters. The standard InChI is InChI=1S/C47H30N2/c1-3-13-37-34(11-1)29-43(41-17-7-5-15-39(37)41)31-21-23-33(24-22-31)47-48-45-19-9-10-20-46(45)49(47)36-27-25-32(26-28-36)44-30-35-12-2-4-14-38(35)40-16-6-8-18-42(40)44/h1-30H. The van der Waals surface area contributed by atoms with Crippen LogP contribution in [0.4, 0.5) is 0 Å². The molecule has 228 valence electrons. The van der Waals surface area contributed by atoms with Gasteiger partial charge in [-0.2, -0.15) is 0 Å². The molecule has 2 heteroatoms. The van der Waals surface area contributed by atoms with Crippen LogP contribution in [0.25, 0.3) is 93.5 Å². The van der Waals surface area contributed by atoms with E-state index in [1.165, 1.54) is 65.3 Å². The van der Waals surface area contributed by atoms with Gasteiger partial charge in [0.15, 0.2) is 0 Å². The topological polar surface area (TPSA) is 17.8 Å². The van der Waals surface area contributed by atoms with Gasteiger partial charge >= 0.3 is 0 Å². The van der Waals surface area contributed by atoms with Gasteiger partial charge in [0.25, 0.3) is 0 Å². The lowest BCUT2D eigenvalue weighted by Gasteiger charge is -2.14. The van der Waals surface area contributed by atoms with Crippen molar-refractivity contribution < 1.29 is 0 Å². The lowest BCUT2D eigenvalue weighted by molar-refractivity contribution is 1.10. The number of fused-ring (bicyclic) bond motifs is 7. The average molecular weight is 623 g/mol. The van der Waals surface area contributed by atoms with Crippen LogP contribution in [0, 0.1) is 0 Å². The molecule has 10 aromatic rings. The summed E-state index contributed by atoms with van der Waals surface area (Å²) in [5.74, 6) is 0.931. The van der Waals surface area contributed by atoms with Gasteiger partial charge in [-0.3, -0.25) is 4.57 Å². The summed E-state index contributed by atoms with van der Waals surface area (Å²) in [7, 11) is 0. The summed E-state index contributed by atoms with van der Waals surface area (Å²) in [6.07, 6.45) is 0. The van der Waals surface area contributed by atoms with Crippen LogP contribution in [-0.4, -0.2) is 9.55 Å². The number of para-hydroxylation sites is 2. The van der Waals surface area contributed by atoms with Crippen molar-refractivity contribution in [1.29, 1.82) is 0 Å². The summed E-state index contributed by atoms with van der Waals surface area (Å²) in [6, 6.07) is 65.7. The summed E-state index contributed by atoms with van der Waals surface area (Å²) < 4.78 is 2.29. The minimum atomic E-state index is 0.931. The third-order valence-electron chi connectivity index (χ3n) is 9.99. The molecule has 10 rings (SSSR count). The molecule has 0 aliphatic heterocycles. The van der Waals surface area contributed by atoms with E-state index in [0.29, 0.717) is 0 Å². The molecule has 0 aliphatic carbocycles. The Morgan fingerprint density at radius 3 is 1.35 bits per heavy atom. The molecule has 0 spiro atoms. The Balaban J connectivity index is 1.08. The minimum absolute atomic E-state index is 0.931. The molecule has 0 atom stereocenters. The van der Waals surface area contributed by atoms with Gasteiger partial charge < -0.3 is 0 Å². The molecule has 49 heavy (non-hydrogen) atoms. The third kappa shape index (κ3) is 4.46. The van der Waals surface area contributed by atoms with Crippen LogP contribution in [0.5, 0.6) is 0 Å². The van der Waals surface area contributed by atoms with E-state index in [1.54, 1.807) is 0 Å². The third-order valence-corrected chi connectivity index (χ3v) is 9.99. The number of rotatable bonds is 4. The maximum atomic E-state index is 5.17. The minimum Gasteiger partial charge on any atom is -0.292 e. The van der Waals surface area contributed by atoms with Crippen LogP contribution in [0.15, 0.2) is 182 Å². The smallest absolute Gasteiger partial charge is 0.145 e. The average Bonchev–Trinajstić information content (AvgIpc) is 3.57. The van der Waals surface area contributed by atoms with E-state index in [0.717, 1.165) is 28.1 Å². The lowest BCUT2D eigenvalue weighted by Crippen LogP contribution is -1.98. The van der Waals surface area contributed by atoms with Gasteiger partial charge in [0.2, 0.25) is 0 Å². The first kappa shape index (κ1) is 27.6. The highest BCUT2D eigenvalue weighted by molar-refractivity contribution is 6.15. The Bertz CT molecular complexity index is 2860. The largest absolute Gasteiger partial charge is 0.292 e. The molecule has 0 saturated carbocycles. The van der Waals surface area contributed by atoms with Crippen LogP contribution < -0.4 is 0 Å². The fourth-order valence-corrected chi connectivity index (χ4v) is 7.66. The van der Waals surface area contributed by atoms with E-state index in [2.05, 4.69) is 187 Å². The number of benzene rings is 9. The van der Waals surface area contributed by atoms with Crippen LogP contribution in [-0.2, 0) is 0 Å². The number of hydrogen-bond donors (Lipinski definition) is 0. The molecule has 2 nitrogen and oxygen atoms in total. The van der Waals surface area contributed by atoms with Gasteiger partial charge in [-0.15, -0.1) is 0 Å². The molecule has 0 amide bonds. The Morgan fingerprint density at radius 2 is 0.776 bits per heavy atom. The first-order valence-corrected chi connectivity index (χ1v) is 16.8. The van der Waals surface area contributed by atoms with Gasteiger partial charge in [-0.25, -0.2) is 4.98 Å². The lowest BCUT2D eigenvalue weighted by atomic mass is 9.93. The highest BCUT2D eigenvalue weighted by atomic mass is 15.1. The van der Waals surface area contributed by atoms with Crippen LogP contribution in [0.2, 0.25) is 0 Å². The van der Waals surface area contributed by atoms with E-state index in [9.17, 15) is 0 Å². The van der Waals surface area contributed by atoms with Crippen molar-refractivity contribution in [2.75, 3.05) is 0 Å². The zero-order valence-electron chi connectivity index (χ0n) is 26.7. The molecule has 9 aromatic carbocycles. The molecule has 0 aliphatic rings. The number of hydrogen-bond acceptors (Lipinski definition) is 1. The number of aromatic nitrogens is 2. The van der Waals surface area contributed by atoms with Crippen LogP contribution in [0.1, 0.15) is 0 Å². The number of imidazole rings is 1. The van der Waals surface area contributed by atoms with Crippen molar-refractivity contribution in [3.63, 3.8) is 0 Å². The molecule has 0 N–H and O–H groups in total. The van der Waals surface area contributed by atoms with Crippen molar-refractivity contribution in [2.24, 2.45) is 0 Å². The predicted molar refractivity (Wildman–Crippen MR) is 207 cm³/mol. The van der Waals surface area contributed by atoms with Gasteiger partial charge in [-0.05, 0) is 102 Å². The maximum absolute atomic E-state index is 5.17. The highest BCUT2D eigenvalue weighted by Crippen LogP contribution is 2.38. The molecule has 0 bridgehead atoms. The quantitative estimate of drug-likeness (QED) is 0.179. The zero-order chi connectivity index (χ0) is 32.3. The fourth-order valence-electron chi connectivity index (χ4n) is 7.66. The monoisotopic (exact) mass is 622 g/mol. The molecular formula is C47H30N2. The van der Waals surface area contributed by atoms with Gasteiger partial charge in [0, 0.05) is 11.3 Å². The van der Waals surface area contributed by atoms with E-state index in [4.69, 9.17) is 4.98 Å². The first-order chi connectivity index (χ1) is 24.3. The SMILES string of the molecule is c1ccc2c(c1)cc(-c1ccc(-c3nc4ccccc4n3-c3ccc(-c4cc5ccccc5c5ccccc45)cc3)cc1)c1ccccc12. The maximum Gasteiger partial charge on any atom is 0.145 e. The van der Waals surface area contributed by atoms with Crippen molar-refractivity contribution in [1.82, 2.24) is 9.55 Å². The Kier molecular flexibility index (Phi) is 6.22. The molecule has 0 fully saturated rings. The molecule has 1 aromatic heterocycles. The second-order valence-electron chi connectivity index (χ2n) is 12.8. The fraction of sp³-hybridized carbons (Fsp3) is 0. The number of nitrogens with zero attached hydrogens (tertiary/aromatic N) is 2. The Hall–Kier alpha value is -6.51. The second-order valence-corrected chi connectivity index (χ2v) is 12.8. The first-order valence-electron chi connectivity index (χ1n) is 16.8. The summed E-state index contributed by atoms with van der Waals surface area (Å²) in [6.45, 7) is 0. The van der Waals surface area contributed by atoms with E-state index < -0.39 is 0 Å². The van der Waals surface area contributed by atoms with E-state index >= 15 is 0 Å². The van der Waals surface area contributed by atoms with Crippen molar-refractivity contribution in [3.05, 3.63) is 182 Å². The van der Waals surface area contributed by atoms with E-state index in [1.807, 2.05) is 0 Å². The Morgan fingerprint density at radius 1 is 0.347 bits per heavy atom. The van der Waals surface area contributed by atoms with Gasteiger partial charge in [0.1, 0.15) is 5.82 Å². The van der Waals surface area contributed by atoms with Gasteiger partial charge in [-0.1, -0.05) is 146 Å². The van der Waals surface area contributed by atoms with Gasteiger partial charge in [0.05, 0.1) is 11.0 Å². The van der Waals surface area contributed by atoms with Crippen LogP contribution >= 0.6 is 0 Å². The highest BCUT2D eigenvalue weighted by Gasteiger charge is 2.16. The second kappa shape index (κ2) is 11.0. The van der Waals surface area contributed by atoms with Crippen LogP contribution in [0.3, 0.4) is 0 Å². The van der Waals surface area contributed by atoms with Crippen molar-refractivity contribution >= 4 is 54.1 Å².